The second-order valence-corrected chi connectivity index (χ2v) is 6.05. The molecule has 1 nitrogen and oxygen atoms in total. The van der Waals surface area contributed by atoms with Gasteiger partial charge in [-0.05, 0) is 30.3 Å². The monoisotopic (exact) mass is 323 g/mol. The van der Waals surface area contributed by atoms with Crippen molar-refractivity contribution in [2.75, 3.05) is 0 Å². The SMILES string of the molecule is NC(Cc1ccc(Cl)s1)c1cc(C(F)(F)F)ccc1F. The first-order valence-electron chi connectivity index (χ1n) is 5.64. The molecule has 1 aromatic carbocycles. The van der Waals surface area contributed by atoms with E-state index in [0.717, 1.165) is 17.0 Å². The molecule has 0 aliphatic carbocycles. The van der Waals surface area contributed by atoms with Gasteiger partial charge in [0.2, 0.25) is 0 Å². The molecule has 108 valence electrons. The number of thiophene rings is 1. The van der Waals surface area contributed by atoms with E-state index in [0.29, 0.717) is 10.4 Å². The largest absolute Gasteiger partial charge is 0.416 e. The molecule has 0 aliphatic heterocycles. The Bertz CT molecular complexity index is 609. The minimum Gasteiger partial charge on any atom is -0.324 e. The fraction of sp³-hybridized carbons (Fsp3) is 0.231. The standard InChI is InChI=1S/C13H10ClF4NS/c14-12-4-2-8(20-12)6-11(19)9-5-7(13(16,17)18)1-3-10(9)15/h1-5,11H,6,19H2. The van der Waals surface area contributed by atoms with Crippen LogP contribution in [-0.2, 0) is 12.6 Å². The summed E-state index contributed by atoms with van der Waals surface area (Å²) in [6, 6.07) is 4.78. The molecule has 0 fully saturated rings. The molecule has 1 unspecified atom stereocenters. The van der Waals surface area contributed by atoms with E-state index in [1.807, 2.05) is 0 Å². The highest BCUT2D eigenvalue weighted by Crippen LogP contribution is 2.33. The van der Waals surface area contributed by atoms with Gasteiger partial charge in [0.15, 0.2) is 0 Å². The lowest BCUT2D eigenvalue weighted by Gasteiger charge is -2.15. The number of hydrogen-bond acceptors (Lipinski definition) is 2. The molecule has 0 aliphatic rings. The van der Waals surface area contributed by atoms with Crippen LogP contribution in [0.4, 0.5) is 17.6 Å². The summed E-state index contributed by atoms with van der Waals surface area (Å²) in [5, 5.41) is 0. The van der Waals surface area contributed by atoms with Gasteiger partial charge in [-0.25, -0.2) is 4.39 Å². The molecule has 2 rings (SSSR count). The molecule has 1 heterocycles. The smallest absolute Gasteiger partial charge is 0.324 e. The first kappa shape index (κ1) is 15.3. The molecule has 20 heavy (non-hydrogen) atoms. The molecule has 0 amide bonds. The first-order valence-corrected chi connectivity index (χ1v) is 6.83. The van der Waals surface area contributed by atoms with E-state index >= 15 is 0 Å². The van der Waals surface area contributed by atoms with Crippen molar-refractivity contribution < 1.29 is 17.6 Å². The average Bonchev–Trinajstić information content (AvgIpc) is 2.73. The topological polar surface area (TPSA) is 26.0 Å². The molecule has 0 radical (unpaired) electrons. The quantitative estimate of drug-likeness (QED) is 0.807. The molecule has 0 saturated heterocycles. The van der Waals surface area contributed by atoms with Gasteiger partial charge in [0.1, 0.15) is 5.82 Å². The number of hydrogen-bond donors (Lipinski definition) is 1. The third-order valence-corrected chi connectivity index (χ3v) is 4.03. The number of nitrogens with two attached hydrogens (primary N) is 1. The Morgan fingerprint density at radius 3 is 2.45 bits per heavy atom. The van der Waals surface area contributed by atoms with Crippen LogP contribution < -0.4 is 5.73 Å². The maximum absolute atomic E-state index is 13.6. The second-order valence-electron chi connectivity index (χ2n) is 4.25. The van der Waals surface area contributed by atoms with Gasteiger partial charge in [-0.15, -0.1) is 11.3 Å². The number of halogens is 5. The van der Waals surface area contributed by atoms with Crippen LogP contribution in [0.2, 0.25) is 4.34 Å². The number of rotatable bonds is 3. The van der Waals surface area contributed by atoms with E-state index in [2.05, 4.69) is 0 Å². The zero-order valence-corrected chi connectivity index (χ0v) is 11.6. The van der Waals surface area contributed by atoms with Gasteiger partial charge in [-0.2, -0.15) is 13.2 Å². The number of alkyl halides is 3. The Balaban J connectivity index is 2.27. The van der Waals surface area contributed by atoms with E-state index in [4.69, 9.17) is 17.3 Å². The van der Waals surface area contributed by atoms with E-state index < -0.39 is 23.6 Å². The van der Waals surface area contributed by atoms with Gasteiger partial charge in [0.25, 0.3) is 0 Å². The van der Waals surface area contributed by atoms with Gasteiger partial charge >= 0.3 is 6.18 Å². The highest BCUT2D eigenvalue weighted by atomic mass is 35.5. The predicted molar refractivity (Wildman–Crippen MR) is 71.4 cm³/mol. The van der Waals surface area contributed by atoms with Crippen LogP contribution in [0.25, 0.3) is 0 Å². The van der Waals surface area contributed by atoms with Gasteiger partial charge in [0.05, 0.1) is 9.90 Å². The predicted octanol–water partition coefficient (Wildman–Crippen LogP) is 4.80. The van der Waals surface area contributed by atoms with Gasteiger partial charge < -0.3 is 5.73 Å². The fourth-order valence-corrected chi connectivity index (χ4v) is 2.94. The van der Waals surface area contributed by atoms with Crippen molar-refractivity contribution in [3.05, 3.63) is 56.5 Å². The molecular formula is C13H10ClF4NS. The third kappa shape index (κ3) is 3.50. The van der Waals surface area contributed by atoms with Crippen molar-refractivity contribution in [2.45, 2.75) is 18.6 Å². The lowest BCUT2D eigenvalue weighted by molar-refractivity contribution is -0.137. The van der Waals surface area contributed by atoms with Crippen molar-refractivity contribution in [2.24, 2.45) is 5.73 Å². The van der Waals surface area contributed by atoms with Crippen LogP contribution in [0, 0.1) is 5.82 Å². The average molecular weight is 324 g/mol. The van der Waals surface area contributed by atoms with Crippen molar-refractivity contribution in [3.8, 4) is 0 Å². The van der Waals surface area contributed by atoms with E-state index in [9.17, 15) is 17.6 Å². The second kappa shape index (κ2) is 5.71. The normalized spacial score (nSPS) is 13.5. The third-order valence-electron chi connectivity index (χ3n) is 2.77. The van der Waals surface area contributed by atoms with Crippen molar-refractivity contribution in [1.82, 2.24) is 0 Å². The van der Waals surface area contributed by atoms with Crippen LogP contribution in [0.15, 0.2) is 30.3 Å². The Morgan fingerprint density at radius 2 is 1.90 bits per heavy atom. The highest BCUT2D eigenvalue weighted by Gasteiger charge is 2.31. The molecule has 2 aromatic rings. The summed E-state index contributed by atoms with van der Waals surface area (Å²) >= 11 is 7.03. The van der Waals surface area contributed by atoms with E-state index in [-0.39, 0.29) is 12.0 Å². The Morgan fingerprint density at radius 1 is 1.20 bits per heavy atom. The summed E-state index contributed by atoms with van der Waals surface area (Å²) < 4.78 is 52.0. The summed E-state index contributed by atoms with van der Waals surface area (Å²) in [6.07, 6.45) is -4.29. The minimum atomic E-state index is -4.52. The molecule has 0 saturated carbocycles. The summed E-state index contributed by atoms with van der Waals surface area (Å²) in [5.74, 6) is -0.742. The molecule has 2 N–H and O–H groups in total. The molecule has 1 atom stereocenters. The van der Waals surface area contributed by atoms with E-state index in [1.165, 1.54) is 11.3 Å². The Hall–Kier alpha value is -1.11. The zero-order valence-electron chi connectivity index (χ0n) is 10.0. The maximum atomic E-state index is 13.6. The summed E-state index contributed by atoms with van der Waals surface area (Å²) in [5.41, 5.74) is 4.75. The highest BCUT2D eigenvalue weighted by molar-refractivity contribution is 7.16. The van der Waals surface area contributed by atoms with Crippen LogP contribution >= 0.6 is 22.9 Å². The molecule has 1 aromatic heterocycles. The Kier molecular flexibility index (Phi) is 4.36. The molecule has 0 spiro atoms. The number of benzene rings is 1. The van der Waals surface area contributed by atoms with Crippen molar-refractivity contribution in [3.63, 3.8) is 0 Å². The molecule has 7 heteroatoms. The lowest BCUT2D eigenvalue weighted by Crippen LogP contribution is -2.16. The molecular weight excluding hydrogens is 314 g/mol. The maximum Gasteiger partial charge on any atom is 0.416 e. The summed E-state index contributed by atoms with van der Waals surface area (Å²) in [6.45, 7) is 0. The van der Waals surface area contributed by atoms with Crippen LogP contribution in [0.3, 0.4) is 0 Å². The van der Waals surface area contributed by atoms with Crippen LogP contribution in [-0.4, -0.2) is 0 Å². The van der Waals surface area contributed by atoms with Crippen LogP contribution in [0.1, 0.15) is 22.0 Å². The van der Waals surface area contributed by atoms with Crippen molar-refractivity contribution >= 4 is 22.9 Å². The summed E-state index contributed by atoms with van der Waals surface area (Å²) in [4.78, 5) is 0.791. The fourth-order valence-electron chi connectivity index (χ4n) is 1.79. The minimum absolute atomic E-state index is 0.149. The first-order chi connectivity index (χ1) is 9.27. The van der Waals surface area contributed by atoms with Gasteiger partial charge in [0, 0.05) is 22.9 Å². The Labute approximate surface area is 122 Å². The van der Waals surface area contributed by atoms with Crippen LogP contribution in [0.5, 0.6) is 0 Å². The van der Waals surface area contributed by atoms with Gasteiger partial charge in [-0.1, -0.05) is 11.6 Å². The molecule has 0 bridgehead atoms. The van der Waals surface area contributed by atoms with Gasteiger partial charge in [-0.3, -0.25) is 0 Å². The summed E-state index contributed by atoms with van der Waals surface area (Å²) in [7, 11) is 0. The lowest BCUT2D eigenvalue weighted by atomic mass is 10.0. The zero-order chi connectivity index (χ0) is 14.9. The van der Waals surface area contributed by atoms with Crippen molar-refractivity contribution in [1.29, 1.82) is 0 Å². The van der Waals surface area contributed by atoms with E-state index in [1.54, 1.807) is 12.1 Å².